The van der Waals surface area contributed by atoms with Crippen LogP contribution in [0.1, 0.15) is 10.4 Å². The maximum atomic E-state index is 11.5. The molecule has 0 amide bonds. The molecule has 0 radical (unpaired) electrons. The Bertz CT molecular complexity index is 498. The lowest BCUT2D eigenvalue weighted by Gasteiger charge is -2.29. The molecule has 7 heteroatoms. The van der Waals surface area contributed by atoms with Crippen molar-refractivity contribution in [3.63, 3.8) is 0 Å². The molecule has 0 aliphatic carbocycles. The zero-order chi connectivity index (χ0) is 13.8. The third kappa shape index (κ3) is 3.00. The first-order chi connectivity index (χ1) is 9.11. The maximum Gasteiger partial charge on any atom is 0.338 e. The highest BCUT2D eigenvalue weighted by Crippen LogP contribution is 2.24. The zero-order valence-corrected chi connectivity index (χ0v) is 10.6. The predicted molar refractivity (Wildman–Crippen MR) is 69.5 cm³/mol. The van der Waals surface area contributed by atoms with Crippen molar-refractivity contribution < 1.29 is 14.5 Å². The molecule has 0 atom stereocenters. The van der Waals surface area contributed by atoms with E-state index in [9.17, 15) is 14.9 Å². The van der Waals surface area contributed by atoms with Crippen molar-refractivity contribution in [1.29, 1.82) is 0 Å². The first-order valence-electron chi connectivity index (χ1n) is 5.95. The standard InChI is InChI=1S/C12H15N3O4/c1-19-12(16)9-6-10(8-11(7-9)15(17)18)14-4-2-13-3-5-14/h6-8,13H,2-5H2,1H3. The van der Waals surface area contributed by atoms with Crippen LogP contribution in [0.15, 0.2) is 18.2 Å². The average Bonchev–Trinajstić information content (AvgIpc) is 2.46. The highest BCUT2D eigenvalue weighted by molar-refractivity contribution is 5.91. The van der Waals surface area contributed by atoms with Gasteiger partial charge in [-0.1, -0.05) is 0 Å². The number of anilines is 1. The van der Waals surface area contributed by atoms with Crippen molar-refractivity contribution in [1.82, 2.24) is 5.32 Å². The van der Waals surface area contributed by atoms with Crippen LogP contribution < -0.4 is 10.2 Å². The van der Waals surface area contributed by atoms with E-state index in [0.717, 1.165) is 26.2 Å². The summed E-state index contributed by atoms with van der Waals surface area (Å²) in [6.45, 7) is 3.13. The molecular weight excluding hydrogens is 250 g/mol. The second-order valence-corrected chi connectivity index (χ2v) is 4.22. The third-order valence-corrected chi connectivity index (χ3v) is 3.02. The molecule has 1 heterocycles. The summed E-state index contributed by atoms with van der Waals surface area (Å²) in [5.74, 6) is -0.569. The van der Waals surface area contributed by atoms with Gasteiger partial charge in [-0.2, -0.15) is 0 Å². The number of esters is 1. The molecule has 0 bridgehead atoms. The number of non-ortho nitro benzene ring substituents is 1. The molecule has 1 aliphatic heterocycles. The van der Waals surface area contributed by atoms with E-state index >= 15 is 0 Å². The lowest BCUT2D eigenvalue weighted by molar-refractivity contribution is -0.384. The van der Waals surface area contributed by atoms with Gasteiger partial charge in [0, 0.05) is 44.0 Å². The number of ether oxygens (including phenoxy) is 1. The SMILES string of the molecule is COC(=O)c1cc(N2CCNCC2)cc([N+](=O)[O-])c1. The summed E-state index contributed by atoms with van der Waals surface area (Å²) >= 11 is 0. The highest BCUT2D eigenvalue weighted by atomic mass is 16.6. The fourth-order valence-corrected chi connectivity index (χ4v) is 2.04. The number of nitrogens with zero attached hydrogens (tertiary/aromatic N) is 2. The molecule has 0 unspecified atom stereocenters. The van der Waals surface area contributed by atoms with Gasteiger partial charge in [0.1, 0.15) is 0 Å². The number of nitrogens with one attached hydrogen (secondary N) is 1. The van der Waals surface area contributed by atoms with Crippen LogP contribution in [0.3, 0.4) is 0 Å². The molecule has 2 rings (SSSR count). The van der Waals surface area contributed by atoms with Gasteiger partial charge in [-0.15, -0.1) is 0 Å². The lowest BCUT2D eigenvalue weighted by atomic mass is 10.1. The predicted octanol–water partition coefficient (Wildman–Crippen LogP) is 0.791. The molecule has 1 fully saturated rings. The molecule has 1 aromatic rings. The van der Waals surface area contributed by atoms with Gasteiger partial charge in [-0.05, 0) is 6.07 Å². The first-order valence-corrected chi connectivity index (χ1v) is 5.95. The van der Waals surface area contributed by atoms with Crippen molar-refractivity contribution >= 4 is 17.3 Å². The molecule has 1 N–H and O–H groups in total. The minimum Gasteiger partial charge on any atom is -0.465 e. The Morgan fingerprint density at radius 3 is 2.63 bits per heavy atom. The third-order valence-electron chi connectivity index (χ3n) is 3.02. The molecule has 0 aromatic heterocycles. The number of carbonyl (C=O) groups is 1. The Labute approximate surface area is 110 Å². The van der Waals surface area contributed by atoms with Crippen molar-refractivity contribution in [2.24, 2.45) is 0 Å². The van der Waals surface area contributed by atoms with Gasteiger partial charge in [0.25, 0.3) is 5.69 Å². The lowest BCUT2D eigenvalue weighted by Crippen LogP contribution is -2.43. The number of piperazine rings is 1. The number of rotatable bonds is 3. The molecule has 1 aliphatic rings. The smallest absolute Gasteiger partial charge is 0.338 e. The van der Waals surface area contributed by atoms with E-state index in [2.05, 4.69) is 10.1 Å². The molecule has 19 heavy (non-hydrogen) atoms. The molecule has 7 nitrogen and oxygen atoms in total. The Morgan fingerprint density at radius 2 is 2.05 bits per heavy atom. The van der Waals surface area contributed by atoms with Crippen LogP contribution in [0.4, 0.5) is 11.4 Å². The van der Waals surface area contributed by atoms with Crippen LogP contribution >= 0.6 is 0 Å². The largest absolute Gasteiger partial charge is 0.465 e. The Balaban J connectivity index is 2.38. The van der Waals surface area contributed by atoms with E-state index in [0.29, 0.717) is 5.69 Å². The number of carbonyl (C=O) groups excluding carboxylic acids is 1. The van der Waals surface area contributed by atoms with E-state index in [1.807, 2.05) is 4.90 Å². The Kier molecular flexibility index (Phi) is 3.96. The number of nitro benzene ring substituents is 1. The topological polar surface area (TPSA) is 84.7 Å². The molecule has 1 aromatic carbocycles. The van der Waals surface area contributed by atoms with Gasteiger partial charge < -0.3 is 15.0 Å². The fraction of sp³-hybridized carbons (Fsp3) is 0.417. The maximum absolute atomic E-state index is 11.5. The van der Waals surface area contributed by atoms with Crippen LogP contribution in [0, 0.1) is 10.1 Å². The summed E-state index contributed by atoms with van der Waals surface area (Å²) < 4.78 is 4.62. The van der Waals surface area contributed by atoms with Crippen molar-refractivity contribution in [2.45, 2.75) is 0 Å². The van der Waals surface area contributed by atoms with Gasteiger partial charge in [0.05, 0.1) is 17.6 Å². The summed E-state index contributed by atoms with van der Waals surface area (Å²) in [7, 11) is 1.26. The highest BCUT2D eigenvalue weighted by Gasteiger charge is 2.19. The van der Waals surface area contributed by atoms with E-state index in [1.54, 1.807) is 6.07 Å². The van der Waals surface area contributed by atoms with Crippen LogP contribution in [0.25, 0.3) is 0 Å². The molecule has 1 saturated heterocycles. The average molecular weight is 265 g/mol. The van der Waals surface area contributed by atoms with Crippen molar-refractivity contribution in [2.75, 3.05) is 38.2 Å². The van der Waals surface area contributed by atoms with Crippen molar-refractivity contribution in [3.8, 4) is 0 Å². The number of nitro groups is 1. The summed E-state index contributed by atoms with van der Waals surface area (Å²) in [5.41, 5.74) is 0.776. The van der Waals surface area contributed by atoms with Crippen LogP contribution in [0.2, 0.25) is 0 Å². The fourth-order valence-electron chi connectivity index (χ4n) is 2.04. The minimum absolute atomic E-state index is 0.101. The number of methoxy groups -OCH3 is 1. The summed E-state index contributed by atoms with van der Waals surface area (Å²) in [5, 5.41) is 14.1. The van der Waals surface area contributed by atoms with Gasteiger partial charge in [0.2, 0.25) is 0 Å². The minimum atomic E-state index is -0.569. The summed E-state index contributed by atoms with van der Waals surface area (Å²) in [4.78, 5) is 24.0. The van der Waals surface area contributed by atoms with Gasteiger partial charge >= 0.3 is 5.97 Å². The Hall–Kier alpha value is -2.15. The molecule has 0 spiro atoms. The Morgan fingerprint density at radius 1 is 1.37 bits per heavy atom. The van der Waals surface area contributed by atoms with Gasteiger partial charge in [-0.25, -0.2) is 4.79 Å². The second-order valence-electron chi connectivity index (χ2n) is 4.22. The number of benzene rings is 1. The van der Waals surface area contributed by atoms with E-state index in [-0.39, 0.29) is 11.3 Å². The zero-order valence-electron chi connectivity index (χ0n) is 10.6. The van der Waals surface area contributed by atoms with Gasteiger partial charge in [0.15, 0.2) is 0 Å². The monoisotopic (exact) mass is 265 g/mol. The summed E-state index contributed by atoms with van der Waals surface area (Å²) in [6, 6.07) is 4.35. The van der Waals surface area contributed by atoms with Crippen LogP contribution in [0.5, 0.6) is 0 Å². The van der Waals surface area contributed by atoms with E-state index < -0.39 is 10.9 Å². The quantitative estimate of drug-likeness (QED) is 0.494. The molecule has 0 saturated carbocycles. The number of hydrogen-bond donors (Lipinski definition) is 1. The number of hydrogen-bond acceptors (Lipinski definition) is 6. The van der Waals surface area contributed by atoms with E-state index in [1.165, 1.54) is 19.2 Å². The van der Waals surface area contributed by atoms with Crippen LogP contribution in [-0.4, -0.2) is 44.2 Å². The molecule has 102 valence electrons. The second kappa shape index (κ2) is 5.66. The van der Waals surface area contributed by atoms with Crippen LogP contribution in [-0.2, 0) is 4.74 Å². The molecular formula is C12H15N3O4. The summed E-state index contributed by atoms with van der Waals surface area (Å²) in [6.07, 6.45) is 0. The normalized spacial score (nSPS) is 15.1. The first kappa shape index (κ1) is 13.3. The van der Waals surface area contributed by atoms with Crippen molar-refractivity contribution in [3.05, 3.63) is 33.9 Å². The van der Waals surface area contributed by atoms with E-state index in [4.69, 9.17) is 0 Å². The van der Waals surface area contributed by atoms with Gasteiger partial charge in [-0.3, -0.25) is 10.1 Å².